The molecule has 5 nitrogen and oxygen atoms in total. The van der Waals surface area contributed by atoms with E-state index in [1.165, 1.54) is 0 Å². The molecule has 0 aliphatic heterocycles. The fraction of sp³-hybridized carbons (Fsp3) is 0.333. The smallest absolute Gasteiger partial charge is 0.306 e. The van der Waals surface area contributed by atoms with Crippen molar-refractivity contribution in [3.8, 4) is 22.8 Å². The highest BCUT2D eigenvalue weighted by Crippen LogP contribution is 2.31. The summed E-state index contributed by atoms with van der Waals surface area (Å²) in [4.78, 5) is 16.4. The predicted molar refractivity (Wildman–Crippen MR) is 126 cm³/mol. The molecule has 0 unspecified atom stereocenters. The van der Waals surface area contributed by atoms with E-state index in [9.17, 15) is 4.79 Å². The van der Waals surface area contributed by atoms with Gasteiger partial charge >= 0.3 is 5.97 Å². The molecule has 168 valence electrons. The van der Waals surface area contributed by atoms with Gasteiger partial charge in [0.25, 0.3) is 0 Å². The van der Waals surface area contributed by atoms with Crippen LogP contribution in [-0.2, 0) is 16.1 Å². The zero-order valence-electron chi connectivity index (χ0n) is 19.3. The van der Waals surface area contributed by atoms with Crippen molar-refractivity contribution < 1.29 is 19.0 Å². The van der Waals surface area contributed by atoms with E-state index in [4.69, 9.17) is 14.2 Å². The van der Waals surface area contributed by atoms with E-state index in [0.717, 1.165) is 28.1 Å². The van der Waals surface area contributed by atoms with Crippen LogP contribution in [0, 0.1) is 6.92 Å². The molecule has 0 N–H and O–H groups in total. The molecule has 2 aromatic carbocycles. The Labute approximate surface area is 190 Å². The summed E-state index contributed by atoms with van der Waals surface area (Å²) in [7, 11) is 0. The number of pyridine rings is 1. The first-order valence-corrected chi connectivity index (χ1v) is 10.9. The molecule has 3 aromatic rings. The van der Waals surface area contributed by atoms with Gasteiger partial charge in [-0.15, -0.1) is 0 Å². The Morgan fingerprint density at radius 1 is 0.938 bits per heavy atom. The maximum absolute atomic E-state index is 11.8. The summed E-state index contributed by atoms with van der Waals surface area (Å²) in [6, 6.07) is 21.8. The van der Waals surface area contributed by atoms with Crippen LogP contribution in [0.3, 0.4) is 0 Å². The highest BCUT2D eigenvalue weighted by Gasteiger charge is 2.16. The minimum absolute atomic E-state index is 0.208. The van der Waals surface area contributed by atoms with Gasteiger partial charge in [0, 0.05) is 17.7 Å². The molecule has 0 aliphatic carbocycles. The number of carbonyl (C=O) groups excluding carboxylic acids is 1. The summed E-state index contributed by atoms with van der Waals surface area (Å²) >= 11 is 0. The van der Waals surface area contributed by atoms with Gasteiger partial charge in [0.15, 0.2) is 0 Å². The van der Waals surface area contributed by atoms with E-state index in [1.807, 2.05) is 94.4 Å². The maximum atomic E-state index is 11.8. The molecule has 1 heterocycles. The lowest BCUT2D eigenvalue weighted by Crippen LogP contribution is -2.23. The monoisotopic (exact) mass is 433 g/mol. The first-order valence-electron chi connectivity index (χ1n) is 10.9. The standard InChI is InChI=1S/C27H31NO4/c1-20-15-16-24(26(28-20)31-19-21-10-6-5-7-11-21)22-12-8-13-23(18-22)30-17-9-14-25(29)32-27(2,3)4/h5-8,10-13,15-16,18H,9,14,17,19H2,1-4H3. The second-order valence-electron chi connectivity index (χ2n) is 8.65. The number of aromatic nitrogens is 1. The lowest BCUT2D eigenvalue weighted by Gasteiger charge is -2.19. The van der Waals surface area contributed by atoms with Crippen LogP contribution >= 0.6 is 0 Å². The zero-order chi connectivity index (χ0) is 23.0. The first-order chi connectivity index (χ1) is 15.3. The normalized spacial score (nSPS) is 11.1. The fourth-order valence-corrected chi connectivity index (χ4v) is 3.14. The molecule has 0 saturated carbocycles. The topological polar surface area (TPSA) is 57.7 Å². The summed E-state index contributed by atoms with van der Waals surface area (Å²) < 4.78 is 17.3. The largest absolute Gasteiger partial charge is 0.494 e. The molecule has 3 rings (SSSR count). The van der Waals surface area contributed by atoms with Crippen LogP contribution in [0.25, 0.3) is 11.1 Å². The number of benzene rings is 2. The van der Waals surface area contributed by atoms with Crippen molar-refractivity contribution in [3.05, 3.63) is 78.0 Å². The van der Waals surface area contributed by atoms with Crippen molar-refractivity contribution in [2.24, 2.45) is 0 Å². The molecule has 32 heavy (non-hydrogen) atoms. The quantitative estimate of drug-likeness (QED) is 0.300. The van der Waals surface area contributed by atoms with Crippen LogP contribution in [-0.4, -0.2) is 23.2 Å². The lowest BCUT2D eigenvalue weighted by molar-refractivity contribution is -0.155. The van der Waals surface area contributed by atoms with Crippen molar-refractivity contribution >= 4 is 5.97 Å². The molecule has 0 fully saturated rings. The summed E-state index contributed by atoms with van der Waals surface area (Å²) in [6.07, 6.45) is 0.924. The Morgan fingerprint density at radius 2 is 1.72 bits per heavy atom. The third-order valence-electron chi connectivity index (χ3n) is 4.58. The molecule has 0 radical (unpaired) electrons. The zero-order valence-corrected chi connectivity index (χ0v) is 19.3. The van der Waals surface area contributed by atoms with Crippen LogP contribution < -0.4 is 9.47 Å². The number of aryl methyl sites for hydroxylation is 1. The Hall–Kier alpha value is -3.34. The molecule has 5 heteroatoms. The van der Waals surface area contributed by atoms with Crippen molar-refractivity contribution in [2.75, 3.05) is 6.61 Å². The van der Waals surface area contributed by atoms with Crippen LogP contribution in [0.15, 0.2) is 66.7 Å². The van der Waals surface area contributed by atoms with Crippen molar-refractivity contribution in [2.45, 2.75) is 52.7 Å². The van der Waals surface area contributed by atoms with Gasteiger partial charge in [-0.2, -0.15) is 0 Å². The summed E-state index contributed by atoms with van der Waals surface area (Å²) in [5.74, 6) is 1.12. The van der Waals surface area contributed by atoms with Gasteiger partial charge in [0.05, 0.1) is 6.61 Å². The van der Waals surface area contributed by atoms with Crippen LogP contribution in [0.2, 0.25) is 0 Å². The molecule has 0 atom stereocenters. The van der Waals surface area contributed by atoms with Gasteiger partial charge in [-0.05, 0) is 69.5 Å². The average molecular weight is 434 g/mol. The fourth-order valence-electron chi connectivity index (χ4n) is 3.14. The minimum Gasteiger partial charge on any atom is -0.494 e. The summed E-state index contributed by atoms with van der Waals surface area (Å²) in [5, 5.41) is 0. The van der Waals surface area contributed by atoms with E-state index in [0.29, 0.717) is 31.9 Å². The summed E-state index contributed by atoms with van der Waals surface area (Å²) in [6.45, 7) is 8.43. The van der Waals surface area contributed by atoms with Gasteiger partial charge < -0.3 is 14.2 Å². The number of rotatable bonds is 9. The Kier molecular flexibility index (Phi) is 7.87. The van der Waals surface area contributed by atoms with Crippen molar-refractivity contribution in [1.29, 1.82) is 0 Å². The molecule has 0 saturated heterocycles. The van der Waals surface area contributed by atoms with E-state index < -0.39 is 5.60 Å². The number of esters is 1. The lowest BCUT2D eigenvalue weighted by atomic mass is 10.1. The van der Waals surface area contributed by atoms with Gasteiger partial charge in [-0.25, -0.2) is 4.98 Å². The van der Waals surface area contributed by atoms with Gasteiger partial charge in [0.1, 0.15) is 18.0 Å². The number of hydrogen-bond donors (Lipinski definition) is 0. The van der Waals surface area contributed by atoms with E-state index in [1.54, 1.807) is 0 Å². The van der Waals surface area contributed by atoms with Crippen LogP contribution in [0.1, 0.15) is 44.9 Å². The maximum Gasteiger partial charge on any atom is 0.306 e. The molecular weight excluding hydrogens is 402 g/mol. The van der Waals surface area contributed by atoms with E-state index in [-0.39, 0.29) is 5.97 Å². The third kappa shape index (κ3) is 7.41. The molecule has 0 amide bonds. The first kappa shape index (κ1) is 23.3. The highest BCUT2D eigenvalue weighted by atomic mass is 16.6. The second kappa shape index (κ2) is 10.8. The third-order valence-corrected chi connectivity index (χ3v) is 4.58. The Balaban J connectivity index is 1.63. The Bertz CT molecular complexity index is 1030. The number of carbonyl (C=O) groups is 1. The second-order valence-corrected chi connectivity index (χ2v) is 8.65. The van der Waals surface area contributed by atoms with Gasteiger partial charge in [-0.3, -0.25) is 4.79 Å². The highest BCUT2D eigenvalue weighted by molar-refractivity contribution is 5.70. The van der Waals surface area contributed by atoms with Crippen LogP contribution in [0.4, 0.5) is 0 Å². The molecule has 0 aliphatic rings. The molecule has 0 spiro atoms. The molecule has 1 aromatic heterocycles. The van der Waals surface area contributed by atoms with E-state index in [2.05, 4.69) is 4.98 Å². The number of hydrogen-bond acceptors (Lipinski definition) is 5. The van der Waals surface area contributed by atoms with Gasteiger partial charge in [-0.1, -0.05) is 42.5 Å². The molecule has 0 bridgehead atoms. The Morgan fingerprint density at radius 3 is 2.47 bits per heavy atom. The van der Waals surface area contributed by atoms with Crippen molar-refractivity contribution in [3.63, 3.8) is 0 Å². The van der Waals surface area contributed by atoms with Crippen LogP contribution in [0.5, 0.6) is 11.6 Å². The minimum atomic E-state index is -0.464. The van der Waals surface area contributed by atoms with Crippen molar-refractivity contribution in [1.82, 2.24) is 4.98 Å². The average Bonchev–Trinajstić information content (AvgIpc) is 2.75. The van der Waals surface area contributed by atoms with E-state index >= 15 is 0 Å². The number of nitrogens with zero attached hydrogens (tertiary/aromatic N) is 1. The predicted octanol–water partition coefficient (Wildman–Crippen LogP) is 6.14. The summed E-state index contributed by atoms with van der Waals surface area (Å²) in [5.41, 5.74) is 3.39. The van der Waals surface area contributed by atoms with Gasteiger partial charge in [0.2, 0.25) is 5.88 Å². The SMILES string of the molecule is Cc1ccc(-c2cccc(OCCCC(=O)OC(C)(C)C)c2)c(OCc2ccccc2)n1. The molecular formula is C27H31NO4. The number of ether oxygens (including phenoxy) is 3.